The maximum absolute atomic E-state index is 12.0. The van der Waals surface area contributed by atoms with Crippen LogP contribution in [0, 0.1) is 0 Å². The summed E-state index contributed by atoms with van der Waals surface area (Å²) in [5.41, 5.74) is 0.975. The van der Waals surface area contributed by atoms with Crippen molar-refractivity contribution >= 4 is 17.4 Å². The molecule has 2 rings (SSSR count). The van der Waals surface area contributed by atoms with E-state index in [1.165, 1.54) is 10.4 Å². The zero-order chi connectivity index (χ0) is 12.5. The molecular weight excluding hydrogens is 234 g/mol. The lowest BCUT2D eigenvalue weighted by Crippen LogP contribution is -2.36. The van der Waals surface area contributed by atoms with Crippen molar-refractivity contribution in [1.29, 1.82) is 0 Å². The van der Waals surface area contributed by atoms with E-state index in [1.54, 1.807) is 11.3 Å². The Labute approximate surface area is 106 Å². The predicted molar refractivity (Wildman–Crippen MR) is 69.3 cm³/mol. The summed E-state index contributed by atoms with van der Waals surface area (Å²) in [4.78, 5) is 15.1. The third-order valence-electron chi connectivity index (χ3n) is 2.70. The zero-order valence-electron chi connectivity index (χ0n) is 10.7. The van der Waals surface area contributed by atoms with Gasteiger partial charge in [0, 0.05) is 11.4 Å². The fourth-order valence-corrected chi connectivity index (χ4v) is 2.87. The van der Waals surface area contributed by atoms with Gasteiger partial charge >= 0.3 is 6.09 Å². The number of hydrogen-bond donors (Lipinski definition) is 0. The number of nitrogens with zero attached hydrogens (tertiary/aromatic N) is 1. The van der Waals surface area contributed by atoms with Crippen LogP contribution < -0.4 is 0 Å². The number of amides is 1. The molecule has 0 aromatic carbocycles. The highest BCUT2D eigenvalue weighted by Gasteiger charge is 2.24. The highest BCUT2D eigenvalue weighted by atomic mass is 32.1. The molecule has 1 amide bonds. The van der Waals surface area contributed by atoms with Crippen LogP contribution >= 0.6 is 11.3 Å². The van der Waals surface area contributed by atoms with E-state index in [4.69, 9.17) is 4.74 Å². The van der Waals surface area contributed by atoms with E-state index in [2.05, 4.69) is 11.4 Å². The Hall–Kier alpha value is -1.03. The third kappa shape index (κ3) is 3.22. The van der Waals surface area contributed by atoms with Crippen LogP contribution in [0.25, 0.3) is 0 Å². The first-order valence-electron chi connectivity index (χ1n) is 5.99. The Morgan fingerprint density at radius 1 is 1.47 bits per heavy atom. The molecule has 0 unspecified atom stereocenters. The van der Waals surface area contributed by atoms with Crippen LogP contribution in [0.1, 0.15) is 37.6 Å². The van der Waals surface area contributed by atoms with Gasteiger partial charge in [0.1, 0.15) is 5.60 Å². The lowest BCUT2D eigenvalue weighted by molar-refractivity contribution is 0.0238. The Kier molecular flexibility index (Phi) is 3.43. The molecule has 0 N–H and O–H groups in total. The molecular formula is C13H19NO2S. The van der Waals surface area contributed by atoms with Crippen LogP contribution in [0.15, 0.2) is 11.4 Å². The summed E-state index contributed by atoms with van der Waals surface area (Å²) in [6.07, 6.45) is 1.89. The minimum absolute atomic E-state index is 0.196. The highest BCUT2D eigenvalue weighted by molar-refractivity contribution is 7.10. The average Bonchev–Trinajstić information content (AvgIpc) is 2.53. The molecule has 0 spiro atoms. The number of rotatable bonds is 0. The molecule has 1 aromatic rings. The van der Waals surface area contributed by atoms with Crippen molar-refractivity contribution in [3.8, 4) is 0 Å². The van der Waals surface area contributed by atoms with Crippen LogP contribution in [0.3, 0.4) is 0 Å². The maximum Gasteiger partial charge on any atom is 0.410 e. The summed E-state index contributed by atoms with van der Waals surface area (Å²) >= 11 is 1.73. The SMILES string of the molecule is CC(C)(C)OC(=O)N1CCCc2ccsc2C1. The first-order valence-corrected chi connectivity index (χ1v) is 6.87. The minimum atomic E-state index is -0.415. The number of ether oxygens (including phenoxy) is 1. The number of carbonyl (C=O) groups is 1. The molecule has 1 aliphatic rings. The molecule has 0 saturated heterocycles. The lowest BCUT2D eigenvalue weighted by Gasteiger charge is -2.26. The Bertz CT molecular complexity index is 406. The summed E-state index contributed by atoms with van der Waals surface area (Å²) < 4.78 is 5.42. The number of fused-ring (bicyclic) bond motifs is 1. The standard InChI is InChI=1S/C13H19NO2S/c1-13(2,3)16-12(15)14-7-4-5-10-6-8-17-11(10)9-14/h6,8H,4-5,7,9H2,1-3H3. The van der Waals surface area contributed by atoms with Crippen molar-refractivity contribution < 1.29 is 9.53 Å². The van der Waals surface area contributed by atoms with Gasteiger partial charge < -0.3 is 9.64 Å². The average molecular weight is 253 g/mol. The monoisotopic (exact) mass is 253 g/mol. The normalized spacial score (nSPS) is 16.3. The summed E-state index contributed by atoms with van der Waals surface area (Å²) in [7, 11) is 0. The molecule has 1 aromatic heterocycles. The molecule has 4 heteroatoms. The van der Waals surface area contributed by atoms with E-state index in [0.29, 0.717) is 6.54 Å². The van der Waals surface area contributed by atoms with Crippen LogP contribution in [0.2, 0.25) is 0 Å². The highest BCUT2D eigenvalue weighted by Crippen LogP contribution is 2.24. The zero-order valence-corrected chi connectivity index (χ0v) is 11.5. The van der Waals surface area contributed by atoms with Gasteiger partial charge in [0.25, 0.3) is 0 Å². The van der Waals surface area contributed by atoms with Gasteiger partial charge in [-0.25, -0.2) is 4.79 Å². The van der Waals surface area contributed by atoms with Crippen molar-refractivity contribution in [2.75, 3.05) is 6.54 Å². The van der Waals surface area contributed by atoms with Crippen LogP contribution in [-0.4, -0.2) is 23.1 Å². The van der Waals surface area contributed by atoms with Gasteiger partial charge in [-0.05, 0) is 50.6 Å². The Morgan fingerprint density at radius 2 is 2.24 bits per heavy atom. The molecule has 0 bridgehead atoms. The van der Waals surface area contributed by atoms with E-state index in [1.807, 2.05) is 25.7 Å². The Balaban J connectivity index is 2.06. The quantitative estimate of drug-likeness (QED) is 0.709. The van der Waals surface area contributed by atoms with E-state index >= 15 is 0 Å². The second-order valence-corrected chi connectivity index (χ2v) is 6.38. The van der Waals surface area contributed by atoms with E-state index in [0.717, 1.165) is 19.4 Å². The smallest absolute Gasteiger partial charge is 0.410 e. The lowest BCUT2D eigenvalue weighted by atomic mass is 10.2. The summed E-state index contributed by atoms with van der Waals surface area (Å²) in [5, 5.41) is 2.10. The van der Waals surface area contributed by atoms with Gasteiger partial charge in [-0.2, -0.15) is 0 Å². The van der Waals surface area contributed by atoms with Crippen molar-refractivity contribution in [2.24, 2.45) is 0 Å². The summed E-state index contributed by atoms with van der Waals surface area (Å²) in [6.45, 7) is 7.19. The molecule has 0 aliphatic carbocycles. The van der Waals surface area contributed by atoms with Gasteiger partial charge in [0.2, 0.25) is 0 Å². The van der Waals surface area contributed by atoms with Gasteiger partial charge in [-0.1, -0.05) is 0 Å². The van der Waals surface area contributed by atoms with E-state index < -0.39 is 5.60 Å². The number of hydrogen-bond acceptors (Lipinski definition) is 3. The molecule has 3 nitrogen and oxygen atoms in total. The molecule has 1 aliphatic heterocycles. The summed E-state index contributed by atoms with van der Waals surface area (Å²) in [5.74, 6) is 0. The number of aryl methyl sites for hydroxylation is 1. The predicted octanol–water partition coefficient (Wildman–Crippen LogP) is 3.43. The second-order valence-electron chi connectivity index (χ2n) is 5.37. The molecule has 0 saturated carbocycles. The molecule has 0 radical (unpaired) electrons. The van der Waals surface area contributed by atoms with Crippen molar-refractivity contribution in [3.05, 3.63) is 21.9 Å². The fourth-order valence-electron chi connectivity index (χ4n) is 1.92. The first-order chi connectivity index (χ1) is 7.96. The Morgan fingerprint density at radius 3 is 2.94 bits per heavy atom. The first kappa shape index (κ1) is 12.4. The number of carbonyl (C=O) groups excluding carboxylic acids is 1. The second kappa shape index (κ2) is 4.69. The van der Waals surface area contributed by atoms with Crippen molar-refractivity contribution in [1.82, 2.24) is 4.90 Å². The molecule has 94 valence electrons. The van der Waals surface area contributed by atoms with E-state index in [-0.39, 0.29) is 6.09 Å². The molecule has 0 atom stereocenters. The summed E-state index contributed by atoms with van der Waals surface area (Å²) in [6, 6.07) is 2.17. The van der Waals surface area contributed by atoms with Crippen LogP contribution in [-0.2, 0) is 17.7 Å². The maximum atomic E-state index is 12.0. The fraction of sp³-hybridized carbons (Fsp3) is 0.615. The van der Waals surface area contributed by atoms with Crippen LogP contribution in [0.4, 0.5) is 4.79 Å². The topological polar surface area (TPSA) is 29.5 Å². The van der Waals surface area contributed by atoms with E-state index in [9.17, 15) is 4.79 Å². The van der Waals surface area contributed by atoms with Gasteiger partial charge in [-0.3, -0.25) is 0 Å². The van der Waals surface area contributed by atoms with Gasteiger partial charge in [-0.15, -0.1) is 11.3 Å². The van der Waals surface area contributed by atoms with Gasteiger partial charge in [0.15, 0.2) is 0 Å². The molecule has 17 heavy (non-hydrogen) atoms. The number of thiophene rings is 1. The largest absolute Gasteiger partial charge is 0.444 e. The molecule has 0 fully saturated rings. The minimum Gasteiger partial charge on any atom is -0.444 e. The van der Waals surface area contributed by atoms with Crippen molar-refractivity contribution in [2.45, 2.75) is 45.8 Å². The van der Waals surface area contributed by atoms with Crippen LogP contribution in [0.5, 0.6) is 0 Å². The third-order valence-corrected chi connectivity index (χ3v) is 3.65. The van der Waals surface area contributed by atoms with Gasteiger partial charge in [0.05, 0.1) is 6.54 Å². The molecule has 2 heterocycles. The van der Waals surface area contributed by atoms with Crippen molar-refractivity contribution in [3.63, 3.8) is 0 Å².